The summed E-state index contributed by atoms with van der Waals surface area (Å²) in [6.45, 7) is 1.08. The summed E-state index contributed by atoms with van der Waals surface area (Å²) in [5.74, 6) is -1.84. The zero-order chi connectivity index (χ0) is 17.1. The molecule has 0 heterocycles. The smallest absolute Gasteiger partial charge is 0.335 e. The van der Waals surface area contributed by atoms with E-state index in [1.54, 1.807) is 0 Å². The maximum absolute atomic E-state index is 10.4. The fourth-order valence-corrected chi connectivity index (χ4v) is 1.16. The quantitative estimate of drug-likeness (QED) is 0.504. The topological polar surface area (TPSA) is 153 Å². The van der Waals surface area contributed by atoms with Crippen LogP contribution in [-0.2, 0) is 4.79 Å². The number of nitrogens with two attached hydrogens (primary N) is 3. The number of nitrogen functional groups attached to an aromatic ring is 3. The van der Waals surface area contributed by atoms with Crippen molar-refractivity contribution in [1.82, 2.24) is 0 Å². The average Bonchev–Trinajstić information content (AvgIpc) is 2.42. The van der Waals surface area contributed by atoms with Gasteiger partial charge >= 0.3 is 5.97 Å². The number of benzene rings is 2. The molecule has 0 bridgehead atoms. The van der Waals surface area contributed by atoms with Crippen molar-refractivity contribution in [3.8, 4) is 0 Å². The van der Waals surface area contributed by atoms with Crippen LogP contribution in [-0.4, -0.2) is 22.2 Å². The Morgan fingerprint density at radius 1 is 0.864 bits per heavy atom. The van der Waals surface area contributed by atoms with Crippen LogP contribution in [0.2, 0.25) is 0 Å². The second-order valence-corrected chi connectivity index (χ2v) is 4.08. The summed E-state index contributed by atoms with van der Waals surface area (Å²) in [6.07, 6.45) is 0. The molecule has 0 radical (unpaired) electrons. The van der Waals surface area contributed by atoms with Crippen LogP contribution in [0.4, 0.5) is 17.1 Å². The Hall–Kier alpha value is -3.22. The highest BCUT2D eigenvalue weighted by Gasteiger charge is 2.03. The lowest BCUT2D eigenvalue weighted by Gasteiger charge is -1.99. The zero-order valence-corrected chi connectivity index (χ0v) is 12.1. The molecular formula is C15H19N3O4. The molecule has 7 nitrogen and oxygen atoms in total. The minimum absolute atomic E-state index is 0.150. The summed E-state index contributed by atoms with van der Waals surface area (Å²) in [5, 5.41) is 15.9. The van der Waals surface area contributed by atoms with E-state index in [1.165, 1.54) is 18.2 Å². The standard InChI is InChI=1S/C7H8N2O2.C6H7N.C2H4O2/c8-5-2-1-4(7(10)11)3-6(5)9;7-6-4-2-1-3-5-6;1-2(3)4/h1-3H,8-9H2,(H,10,11);1-5H,7H2;1H3,(H,3,4). The molecule has 0 aromatic heterocycles. The molecule has 22 heavy (non-hydrogen) atoms. The molecule has 0 saturated heterocycles. The lowest BCUT2D eigenvalue weighted by Crippen LogP contribution is -2.00. The number of carbonyl (C=O) groups is 2. The van der Waals surface area contributed by atoms with Gasteiger partial charge in [0.1, 0.15) is 0 Å². The van der Waals surface area contributed by atoms with Crippen LogP contribution in [0.15, 0.2) is 48.5 Å². The largest absolute Gasteiger partial charge is 0.481 e. The van der Waals surface area contributed by atoms with E-state index in [4.69, 9.17) is 32.2 Å². The molecule has 0 atom stereocenters. The van der Waals surface area contributed by atoms with Gasteiger partial charge in [-0.3, -0.25) is 4.79 Å². The van der Waals surface area contributed by atoms with Gasteiger partial charge in [-0.05, 0) is 30.3 Å². The minimum Gasteiger partial charge on any atom is -0.481 e. The number of carboxylic acids is 2. The van der Waals surface area contributed by atoms with Gasteiger partial charge in [0, 0.05) is 12.6 Å². The van der Waals surface area contributed by atoms with Gasteiger partial charge in [0.15, 0.2) is 0 Å². The molecule has 2 aromatic carbocycles. The number of carboxylic acid groups (broad SMARTS) is 2. The van der Waals surface area contributed by atoms with Crippen molar-refractivity contribution >= 4 is 29.0 Å². The lowest BCUT2D eigenvalue weighted by atomic mass is 10.2. The number of hydrogen-bond acceptors (Lipinski definition) is 5. The maximum atomic E-state index is 10.4. The van der Waals surface area contributed by atoms with Crippen LogP contribution in [0, 0.1) is 0 Å². The van der Waals surface area contributed by atoms with Crippen LogP contribution >= 0.6 is 0 Å². The van der Waals surface area contributed by atoms with E-state index in [1.807, 2.05) is 30.3 Å². The first-order valence-electron chi connectivity index (χ1n) is 6.12. The van der Waals surface area contributed by atoms with Crippen molar-refractivity contribution in [1.29, 1.82) is 0 Å². The summed E-state index contributed by atoms with van der Waals surface area (Å²) >= 11 is 0. The molecule has 0 spiro atoms. The molecule has 7 heteroatoms. The van der Waals surface area contributed by atoms with Gasteiger partial charge in [-0.1, -0.05) is 18.2 Å². The number of anilines is 3. The summed E-state index contributed by atoms with van der Waals surface area (Å²) < 4.78 is 0. The molecular weight excluding hydrogens is 286 g/mol. The van der Waals surface area contributed by atoms with Crippen molar-refractivity contribution < 1.29 is 19.8 Å². The molecule has 0 aliphatic carbocycles. The van der Waals surface area contributed by atoms with Crippen molar-refractivity contribution in [3.63, 3.8) is 0 Å². The van der Waals surface area contributed by atoms with E-state index >= 15 is 0 Å². The van der Waals surface area contributed by atoms with E-state index in [0.717, 1.165) is 12.6 Å². The molecule has 2 rings (SSSR count). The predicted molar refractivity (Wildman–Crippen MR) is 86.4 cm³/mol. The maximum Gasteiger partial charge on any atom is 0.335 e. The summed E-state index contributed by atoms with van der Waals surface area (Å²) in [5.41, 5.74) is 17.8. The molecule has 0 unspecified atom stereocenters. The summed E-state index contributed by atoms with van der Waals surface area (Å²) in [6, 6.07) is 13.7. The Morgan fingerprint density at radius 2 is 1.36 bits per heavy atom. The van der Waals surface area contributed by atoms with Crippen molar-refractivity contribution in [2.45, 2.75) is 6.92 Å². The number of para-hydroxylation sites is 1. The molecule has 0 fully saturated rings. The Kier molecular flexibility index (Phi) is 8.24. The highest BCUT2D eigenvalue weighted by atomic mass is 16.4. The Labute approximate surface area is 128 Å². The molecule has 8 N–H and O–H groups in total. The van der Waals surface area contributed by atoms with Gasteiger partial charge in [0.2, 0.25) is 0 Å². The SMILES string of the molecule is CC(=O)O.Nc1ccc(C(=O)O)cc1N.Nc1ccccc1. The van der Waals surface area contributed by atoms with Gasteiger partial charge in [0.05, 0.1) is 16.9 Å². The molecule has 0 aliphatic heterocycles. The first kappa shape index (κ1) is 18.8. The van der Waals surface area contributed by atoms with Gasteiger partial charge in [-0.15, -0.1) is 0 Å². The van der Waals surface area contributed by atoms with Crippen LogP contribution in [0.1, 0.15) is 17.3 Å². The molecule has 0 saturated carbocycles. The van der Waals surface area contributed by atoms with Crippen LogP contribution in [0.25, 0.3) is 0 Å². The molecule has 118 valence electrons. The van der Waals surface area contributed by atoms with Crippen molar-refractivity contribution in [2.24, 2.45) is 0 Å². The first-order valence-corrected chi connectivity index (χ1v) is 6.12. The fourth-order valence-electron chi connectivity index (χ4n) is 1.16. The normalized spacial score (nSPS) is 8.59. The molecule has 2 aromatic rings. The van der Waals surface area contributed by atoms with Crippen LogP contribution in [0.5, 0.6) is 0 Å². The monoisotopic (exact) mass is 305 g/mol. The lowest BCUT2D eigenvalue weighted by molar-refractivity contribution is -0.134. The highest BCUT2D eigenvalue weighted by Crippen LogP contribution is 2.15. The van der Waals surface area contributed by atoms with E-state index in [0.29, 0.717) is 11.4 Å². The van der Waals surface area contributed by atoms with E-state index in [9.17, 15) is 4.79 Å². The van der Waals surface area contributed by atoms with Gasteiger partial charge in [-0.25, -0.2) is 4.79 Å². The molecule has 0 amide bonds. The van der Waals surface area contributed by atoms with Crippen molar-refractivity contribution in [2.75, 3.05) is 17.2 Å². The van der Waals surface area contributed by atoms with E-state index in [2.05, 4.69) is 0 Å². The number of rotatable bonds is 1. The second-order valence-electron chi connectivity index (χ2n) is 4.08. The third kappa shape index (κ3) is 8.81. The third-order valence-electron chi connectivity index (χ3n) is 2.13. The van der Waals surface area contributed by atoms with Gasteiger partial charge < -0.3 is 27.4 Å². The van der Waals surface area contributed by atoms with Gasteiger partial charge in [-0.2, -0.15) is 0 Å². The van der Waals surface area contributed by atoms with Crippen molar-refractivity contribution in [3.05, 3.63) is 54.1 Å². The van der Waals surface area contributed by atoms with Crippen LogP contribution in [0.3, 0.4) is 0 Å². The number of aliphatic carboxylic acids is 1. The zero-order valence-electron chi connectivity index (χ0n) is 12.1. The average molecular weight is 305 g/mol. The summed E-state index contributed by atoms with van der Waals surface area (Å²) in [4.78, 5) is 19.4. The number of hydrogen-bond donors (Lipinski definition) is 5. The predicted octanol–water partition coefficient (Wildman–Crippen LogP) is 1.91. The first-order chi connectivity index (χ1) is 10.2. The third-order valence-corrected chi connectivity index (χ3v) is 2.13. The Balaban J connectivity index is 0.000000343. The highest BCUT2D eigenvalue weighted by molar-refractivity contribution is 5.90. The van der Waals surface area contributed by atoms with Crippen LogP contribution < -0.4 is 17.2 Å². The van der Waals surface area contributed by atoms with Gasteiger partial charge in [0.25, 0.3) is 5.97 Å². The van der Waals surface area contributed by atoms with E-state index in [-0.39, 0.29) is 5.56 Å². The molecule has 0 aliphatic rings. The minimum atomic E-state index is -1.00. The van der Waals surface area contributed by atoms with E-state index < -0.39 is 11.9 Å². The Morgan fingerprint density at radius 3 is 1.68 bits per heavy atom. The second kappa shape index (κ2) is 9.65. The summed E-state index contributed by atoms with van der Waals surface area (Å²) in [7, 11) is 0. The number of aromatic carboxylic acids is 1. The fraction of sp³-hybridized carbons (Fsp3) is 0.0667. The Bertz CT molecular complexity index is 611.